The lowest BCUT2D eigenvalue weighted by Crippen LogP contribution is -2.17. The molecule has 1 aromatic carbocycles. The van der Waals surface area contributed by atoms with Crippen molar-refractivity contribution in [3.8, 4) is 0 Å². The predicted octanol–water partition coefficient (Wildman–Crippen LogP) is 2.05. The number of benzene rings is 1. The van der Waals surface area contributed by atoms with Crippen LogP contribution < -0.4 is 0 Å². The molecule has 6 nitrogen and oxygen atoms in total. The molecule has 0 radical (unpaired) electrons. The molecular formula is C14H14O6. The first-order valence-electron chi connectivity index (χ1n) is 5.82. The summed E-state index contributed by atoms with van der Waals surface area (Å²) in [6.07, 6.45) is 0. The molecule has 0 fully saturated rings. The minimum atomic E-state index is -0.956. The van der Waals surface area contributed by atoms with Crippen LogP contribution in [0.2, 0.25) is 0 Å². The van der Waals surface area contributed by atoms with Gasteiger partial charge in [-0.05, 0) is 26.0 Å². The molecule has 0 aliphatic carbocycles. The van der Waals surface area contributed by atoms with Crippen LogP contribution in [-0.4, -0.2) is 24.5 Å². The molecule has 0 unspecified atom stereocenters. The van der Waals surface area contributed by atoms with Crippen molar-refractivity contribution < 1.29 is 28.9 Å². The van der Waals surface area contributed by atoms with Gasteiger partial charge in [-0.15, -0.1) is 0 Å². The Hall–Kier alpha value is -2.47. The Kier molecular flexibility index (Phi) is 5.61. The fourth-order valence-electron chi connectivity index (χ4n) is 1.22. The van der Waals surface area contributed by atoms with Gasteiger partial charge < -0.3 is 4.74 Å². The number of ether oxygens (including phenoxy) is 1. The average molecular weight is 278 g/mol. The highest BCUT2D eigenvalue weighted by Crippen LogP contribution is 2.13. The van der Waals surface area contributed by atoms with Crippen LogP contribution in [0.25, 0.3) is 0 Å². The van der Waals surface area contributed by atoms with E-state index in [4.69, 9.17) is 0 Å². The van der Waals surface area contributed by atoms with Crippen molar-refractivity contribution >= 4 is 17.9 Å². The number of carbonyl (C=O) groups is 3. The molecule has 6 heteroatoms. The topological polar surface area (TPSA) is 78.9 Å². The summed E-state index contributed by atoms with van der Waals surface area (Å²) in [6, 6.07) is 5.78. The highest BCUT2D eigenvalue weighted by atomic mass is 17.2. The maximum Gasteiger partial charge on any atom is 0.373 e. The zero-order chi connectivity index (χ0) is 15.1. The van der Waals surface area contributed by atoms with Crippen molar-refractivity contribution in [3.05, 3.63) is 47.5 Å². The van der Waals surface area contributed by atoms with Gasteiger partial charge >= 0.3 is 17.9 Å². The van der Waals surface area contributed by atoms with Crippen molar-refractivity contribution in [2.45, 2.75) is 13.8 Å². The Labute approximate surface area is 115 Å². The lowest BCUT2D eigenvalue weighted by atomic mass is 10.1. The molecule has 0 saturated carbocycles. The number of hydrogen-bond acceptors (Lipinski definition) is 6. The van der Waals surface area contributed by atoms with E-state index in [0.29, 0.717) is 0 Å². The van der Waals surface area contributed by atoms with Gasteiger partial charge in [-0.25, -0.2) is 14.4 Å². The fraction of sp³-hybridized carbons (Fsp3) is 0.214. The van der Waals surface area contributed by atoms with E-state index < -0.39 is 17.9 Å². The van der Waals surface area contributed by atoms with Crippen LogP contribution >= 0.6 is 0 Å². The predicted molar refractivity (Wildman–Crippen MR) is 68.7 cm³/mol. The van der Waals surface area contributed by atoms with Crippen molar-refractivity contribution in [1.29, 1.82) is 0 Å². The third kappa shape index (κ3) is 4.03. The number of esters is 2. The van der Waals surface area contributed by atoms with Crippen molar-refractivity contribution in [1.82, 2.24) is 0 Å². The summed E-state index contributed by atoms with van der Waals surface area (Å²) < 4.78 is 4.57. The Morgan fingerprint density at radius 1 is 1.10 bits per heavy atom. The van der Waals surface area contributed by atoms with Crippen molar-refractivity contribution in [2.24, 2.45) is 0 Å². The van der Waals surface area contributed by atoms with Crippen molar-refractivity contribution in [2.75, 3.05) is 6.61 Å². The number of hydrogen-bond donors (Lipinski definition) is 0. The lowest BCUT2D eigenvalue weighted by molar-refractivity contribution is -0.236. The molecule has 0 spiro atoms. The summed E-state index contributed by atoms with van der Waals surface area (Å²) in [5, 5.41) is 0. The second kappa shape index (κ2) is 7.20. The van der Waals surface area contributed by atoms with E-state index in [-0.39, 0.29) is 23.3 Å². The Bertz CT molecular complexity index is 546. The minimum absolute atomic E-state index is 0.0551. The highest BCUT2D eigenvalue weighted by molar-refractivity contribution is 6.07. The van der Waals surface area contributed by atoms with E-state index in [1.165, 1.54) is 25.1 Å². The monoisotopic (exact) mass is 278 g/mol. The molecule has 0 N–H and O–H groups in total. The van der Waals surface area contributed by atoms with Gasteiger partial charge in [-0.3, -0.25) is 4.89 Å². The van der Waals surface area contributed by atoms with Gasteiger partial charge in [0.15, 0.2) is 0 Å². The zero-order valence-electron chi connectivity index (χ0n) is 11.2. The van der Waals surface area contributed by atoms with Gasteiger partial charge in [0.1, 0.15) is 0 Å². The van der Waals surface area contributed by atoms with Crippen LogP contribution in [0, 0.1) is 0 Å². The van der Waals surface area contributed by atoms with Crippen LogP contribution in [0.4, 0.5) is 0 Å². The van der Waals surface area contributed by atoms with E-state index in [1.807, 2.05) is 0 Å². The van der Waals surface area contributed by atoms with Gasteiger partial charge in [-0.2, -0.15) is 4.89 Å². The molecule has 0 aliphatic heterocycles. The van der Waals surface area contributed by atoms with E-state index in [0.717, 1.165) is 0 Å². The Morgan fingerprint density at radius 2 is 1.65 bits per heavy atom. The summed E-state index contributed by atoms with van der Waals surface area (Å²) in [5.41, 5.74) is -0.0695. The first-order valence-corrected chi connectivity index (χ1v) is 5.82. The maximum atomic E-state index is 11.8. The molecule has 0 aliphatic rings. The lowest BCUT2D eigenvalue weighted by Gasteiger charge is -2.07. The first kappa shape index (κ1) is 15.6. The third-order valence-electron chi connectivity index (χ3n) is 2.15. The SMILES string of the molecule is C=C(C)C(=O)OC(=O)c1ccccc1C(=O)OOCC. The molecule has 1 rings (SSSR count). The van der Waals surface area contributed by atoms with Crippen LogP contribution in [0.15, 0.2) is 36.4 Å². The quantitative estimate of drug-likeness (QED) is 0.270. The van der Waals surface area contributed by atoms with Gasteiger partial charge in [0.2, 0.25) is 0 Å². The maximum absolute atomic E-state index is 11.8. The molecule has 106 valence electrons. The molecule has 0 amide bonds. The van der Waals surface area contributed by atoms with E-state index in [2.05, 4.69) is 21.1 Å². The van der Waals surface area contributed by atoms with Crippen LogP contribution in [0.1, 0.15) is 34.6 Å². The van der Waals surface area contributed by atoms with Crippen molar-refractivity contribution in [3.63, 3.8) is 0 Å². The van der Waals surface area contributed by atoms with E-state index in [1.54, 1.807) is 13.0 Å². The second-order valence-corrected chi connectivity index (χ2v) is 3.78. The minimum Gasteiger partial charge on any atom is -0.386 e. The summed E-state index contributed by atoms with van der Waals surface area (Å²) in [4.78, 5) is 43.8. The molecular weight excluding hydrogens is 264 g/mol. The smallest absolute Gasteiger partial charge is 0.373 e. The number of carbonyl (C=O) groups excluding carboxylic acids is 3. The zero-order valence-corrected chi connectivity index (χ0v) is 11.2. The van der Waals surface area contributed by atoms with Crippen LogP contribution in [-0.2, 0) is 19.3 Å². The van der Waals surface area contributed by atoms with Gasteiger partial charge in [-0.1, -0.05) is 18.7 Å². The molecule has 0 aromatic heterocycles. The standard InChI is InChI=1S/C14H14O6/c1-4-18-20-14(17)11-8-6-5-7-10(11)13(16)19-12(15)9(2)3/h5-8H,2,4H2,1,3H3. The third-order valence-corrected chi connectivity index (χ3v) is 2.15. The summed E-state index contributed by atoms with van der Waals surface area (Å²) >= 11 is 0. The molecule has 1 aromatic rings. The highest BCUT2D eigenvalue weighted by Gasteiger charge is 2.21. The van der Waals surface area contributed by atoms with Gasteiger partial charge in [0.25, 0.3) is 0 Å². The second-order valence-electron chi connectivity index (χ2n) is 3.78. The number of rotatable bonds is 5. The largest absolute Gasteiger partial charge is 0.386 e. The average Bonchev–Trinajstić information content (AvgIpc) is 2.44. The summed E-state index contributed by atoms with van der Waals surface area (Å²) in [5.74, 6) is -2.66. The Balaban J connectivity index is 2.95. The Morgan fingerprint density at radius 3 is 2.15 bits per heavy atom. The normalized spacial score (nSPS) is 9.70. The van der Waals surface area contributed by atoms with Crippen LogP contribution in [0.3, 0.4) is 0 Å². The molecule has 0 atom stereocenters. The van der Waals surface area contributed by atoms with Gasteiger partial charge in [0, 0.05) is 5.57 Å². The fourth-order valence-corrected chi connectivity index (χ4v) is 1.22. The molecule has 0 bridgehead atoms. The van der Waals surface area contributed by atoms with Gasteiger partial charge in [0.05, 0.1) is 17.7 Å². The van der Waals surface area contributed by atoms with E-state index in [9.17, 15) is 14.4 Å². The van der Waals surface area contributed by atoms with E-state index >= 15 is 0 Å². The molecule has 0 saturated heterocycles. The van der Waals surface area contributed by atoms with Crippen LogP contribution in [0.5, 0.6) is 0 Å². The first-order chi connectivity index (χ1) is 9.47. The molecule has 0 heterocycles. The summed E-state index contributed by atoms with van der Waals surface area (Å²) in [7, 11) is 0. The molecule has 20 heavy (non-hydrogen) atoms. The summed E-state index contributed by atoms with van der Waals surface area (Å²) in [6.45, 7) is 6.58.